The molecule has 4 aliphatic rings. The van der Waals surface area contributed by atoms with Crippen LogP contribution >= 0.6 is 0 Å². The zero-order valence-electron chi connectivity index (χ0n) is 71.9. The highest BCUT2D eigenvalue weighted by Crippen LogP contribution is 2.46. The smallest absolute Gasteiger partial charge is 0.463 e. The molecule has 0 aromatic heterocycles. The number of fused-ring (bicyclic) bond motifs is 4. The predicted octanol–water partition coefficient (Wildman–Crippen LogP) is 9.73. The molecule has 4 fully saturated rings. The van der Waals surface area contributed by atoms with Crippen LogP contribution in [0.4, 0.5) is 0 Å². The minimum atomic E-state index is -5.67. The second-order valence-electron chi connectivity index (χ2n) is 32.1. The second-order valence-corrected chi connectivity index (χ2v) is 73.1. The molecule has 0 radical (unpaired) electrons. The van der Waals surface area contributed by atoms with Gasteiger partial charge in [0, 0.05) is 95.6 Å². The van der Waals surface area contributed by atoms with Crippen LogP contribution in [-0.4, -0.2) is 207 Å². The van der Waals surface area contributed by atoms with Crippen LogP contribution in [0.2, 0.25) is 76.6 Å². The number of rotatable bonds is 44. The van der Waals surface area contributed by atoms with Crippen molar-refractivity contribution in [3.8, 4) is 0 Å². The van der Waals surface area contributed by atoms with Crippen LogP contribution in [0.3, 0.4) is 0 Å². The van der Waals surface area contributed by atoms with Gasteiger partial charge in [-0.1, -0.05) is 243 Å². The van der Waals surface area contributed by atoms with Crippen molar-refractivity contribution in [3.63, 3.8) is 0 Å². The first-order valence-corrected chi connectivity index (χ1v) is 67.8. The van der Waals surface area contributed by atoms with Gasteiger partial charge in [-0.2, -0.15) is 0 Å². The summed E-state index contributed by atoms with van der Waals surface area (Å²) in [6.07, 6.45) is 1.99. The number of esters is 4. The Labute approximate surface area is 730 Å². The molecule has 0 atom stereocenters. The molecule has 8 aromatic carbocycles. The van der Waals surface area contributed by atoms with E-state index in [-0.39, 0.29) is 79.3 Å². The van der Waals surface area contributed by atoms with Gasteiger partial charge in [-0.05, 0) is 102 Å². The molecular weight excluding hydrogens is 1760 g/mol. The molecule has 38 heteroatoms. The molecule has 4 bridgehead atoms. The molecule has 4 aliphatic heterocycles. The van der Waals surface area contributed by atoms with Gasteiger partial charge in [0.2, 0.25) is 0 Å². The summed E-state index contributed by atoms with van der Waals surface area (Å²) >= 11 is 0. The third-order valence-electron chi connectivity index (χ3n) is 19.8. The summed E-state index contributed by atoms with van der Waals surface area (Å²) < 4.78 is 170. The number of ether oxygens (including phenoxy) is 8. The molecule has 0 saturated carbocycles. The van der Waals surface area contributed by atoms with Gasteiger partial charge in [0.25, 0.3) is 0 Å². The summed E-state index contributed by atoms with van der Waals surface area (Å²) in [5.41, 5.74) is 0. The molecule has 4 heterocycles. The summed E-state index contributed by atoms with van der Waals surface area (Å²) in [6, 6.07) is 78.5. The summed E-state index contributed by atoms with van der Waals surface area (Å²) in [5.74, 6) is -1.63. The quantitative estimate of drug-likeness (QED) is 0.0149. The van der Waals surface area contributed by atoms with E-state index in [0.717, 1.165) is 0 Å². The molecule has 122 heavy (non-hydrogen) atoms. The fraction of sp³-hybridized carbons (Fsp3) is 0.381. The Bertz CT molecular complexity index is 3970. The average molecular weight is 1880 g/mol. The van der Waals surface area contributed by atoms with Gasteiger partial charge in [0.1, 0.15) is 26.4 Å². The molecule has 0 N–H and O–H groups in total. The molecule has 0 unspecified atom stereocenters. The third-order valence-corrected chi connectivity index (χ3v) is 68.9. The van der Waals surface area contributed by atoms with Gasteiger partial charge in [-0.25, -0.2) is 0 Å². The van der Waals surface area contributed by atoms with Crippen LogP contribution in [0, 0.1) is 0 Å². The van der Waals surface area contributed by atoms with Gasteiger partial charge >= 0.3 is 94.3 Å². The van der Waals surface area contributed by atoms with Crippen molar-refractivity contribution in [2.75, 3.05) is 79.3 Å². The number of hydrogen-bond donors (Lipinski definition) is 0. The van der Waals surface area contributed by atoms with Crippen molar-refractivity contribution in [1.82, 2.24) is 0 Å². The second kappa shape index (κ2) is 43.8. The normalized spacial score (nSPS) is 23.9. The van der Waals surface area contributed by atoms with Crippen LogP contribution in [0.25, 0.3) is 0 Å². The maximum atomic E-state index is 11.9. The Morgan fingerprint density at radius 2 is 0.377 bits per heavy atom. The van der Waals surface area contributed by atoms with E-state index in [9.17, 15) is 27.4 Å². The third kappa shape index (κ3) is 26.4. The first-order chi connectivity index (χ1) is 58.4. The lowest BCUT2D eigenvalue weighted by molar-refractivity contribution is -0.143. The minimum absolute atomic E-state index is 0.0821. The Kier molecular flexibility index (Phi) is 34.5. The van der Waals surface area contributed by atoms with Crippen LogP contribution < -0.4 is 41.5 Å². The molecule has 12 rings (SSSR count). The average Bonchev–Trinajstić information content (AvgIpc) is 0.684. The largest absolute Gasteiger partial charge is 0.515 e. The monoisotopic (exact) mass is 1880 g/mol. The van der Waals surface area contributed by atoms with Crippen molar-refractivity contribution in [3.05, 3.63) is 243 Å². The molecule has 8 aromatic rings. The number of hydrogen-bond acceptors (Lipinski definition) is 26. The standard InChI is InChI=1S/C84H116O26Si12/c1-73(85)93-65-61-89-57-37-69-111(5,6)97-115(77-41-21-13-22-42-77)101-119(81-49-29-17-30-50-81)103-116(78-43-23-14-24-44-78,98-112(7,8)70-38-58-90-62-66-94-74(2)86)104-120(102-115,82-51-31-18-32-52-82)110-122(84-55-35-20-36-56-84)106-117(79-45-25-15-26-46-79,99-113(9,10)71-39-59-91-63-67-95-75(3)87)105-121(109-119,83-53-33-19-34-54-83)107-118(108-122,80-47-27-16-28-48-80)100-114(11,12)72-40-60-92-64-68-96-76(4)88/h13-36,41-56H,37-40,57-72H2,1-12H3. The summed E-state index contributed by atoms with van der Waals surface area (Å²) in [6.45, 7) is 24.6. The van der Waals surface area contributed by atoms with Crippen LogP contribution in [0.15, 0.2) is 243 Å². The summed E-state index contributed by atoms with van der Waals surface area (Å²) in [7, 11) is -57.3. The van der Waals surface area contributed by atoms with Crippen molar-refractivity contribution in [2.24, 2.45) is 0 Å². The van der Waals surface area contributed by atoms with Crippen LogP contribution in [0.5, 0.6) is 0 Å². The topological polar surface area (TPSA) is 271 Å². The van der Waals surface area contributed by atoms with Gasteiger partial charge in [-0.15, -0.1) is 0 Å². The van der Waals surface area contributed by atoms with E-state index in [4.69, 9.17) is 87.3 Å². The highest BCUT2D eigenvalue weighted by atomic mass is 28.6. The zero-order chi connectivity index (χ0) is 86.9. The molecule has 0 amide bonds. The minimum Gasteiger partial charge on any atom is -0.463 e. The van der Waals surface area contributed by atoms with E-state index in [2.05, 4.69) is 52.4 Å². The Hall–Kier alpha value is -6.48. The molecule has 0 aliphatic carbocycles. The molecular formula is C84H116O26Si12. The summed E-state index contributed by atoms with van der Waals surface area (Å²) in [4.78, 5) is 47.7. The first-order valence-electron chi connectivity index (χ1n) is 41.5. The van der Waals surface area contributed by atoms with E-state index in [1.165, 1.54) is 27.7 Å². The Balaban J connectivity index is 1.32. The lowest BCUT2D eigenvalue weighted by atomic mass is 10.4. The SMILES string of the molecule is CC(=O)OCCOCCC[Si](C)(C)O[Si]1(c2ccccc2)O[Si]2(c3ccccc3)O[Si](O[Si](C)(C)CCCOCCOC(C)=O)(c3ccccc3)O[Si](c3ccccc3)(O1)O[Si]1(c3ccccc3)O[Si](O[Si](C)(C)CCCOCCOC(C)=O)(c3ccccc3)O[Si](c3ccccc3)(O[Si](O[Si](C)(C)CCCOCCOC(C)=O)(c3ccccc3)O1)O2. The fourth-order valence-electron chi connectivity index (χ4n) is 14.3. The first kappa shape index (κ1) is 96.2. The van der Waals surface area contributed by atoms with E-state index >= 15 is 0 Å². The lowest BCUT2D eigenvalue weighted by Crippen LogP contribution is -2.91. The molecule has 656 valence electrons. The molecule has 26 nitrogen and oxygen atoms in total. The van der Waals surface area contributed by atoms with E-state index in [1.807, 2.05) is 243 Å². The highest BCUT2D eigenvalue weighted by molar-refractivity contribution is 7.11. The van der Waals surface area contributed by atoms with Gasteiger partial charge < -0.3 is 95.5 Å². The Morgan fingerprint density at radius 3 is 0.533 bits per heavy atom. The Morgan fingerprint density at radius 1 is 0.221 bits per heavy atom. The maximum Gasteiger partial charge on any atom is 0.515 e. The van der Waals surface area contributed by atoms with Crippen molar-refractivity contribution >= 4 is 169 Å². The van der Waals surface area contributed by atoms with Crippen LogP contribution in [0.1, 0.15) is 53.4 Å². The lowest BCUT2D eigenvalue weighted by Gasteiger charge is -2.58. The van der Waals surface area contributed by atoms with Crippen LogP contribution in [-0.2, 0) is 115 Å². The molecule has 0 spiro atoms. The highest BCUT2D eigenvalue weighted by Gasteiger charge is 2.81. The summed E-state index contributed by atoms with van der Waals surface area (Å²) in [5, 5.41) is 3.44. The van der Waals surface area contributed by atoms with E-state index in [0.29, 0.717) is 91.4 Å². The van der Waals surface area contributed by atoms with E-state index in [1.54, 1.807) is 0 Å². The number of carbonyl (C=O) groups excluding carboxylic acids is 4. The maximum absolute atomic E-state index is 11.9. The van der Waals surface area contributed by atoms with Crippen molar-refractivity contribution in [2.45, 2.75) is 130 Å². The van der Waals surface area contributed by atoms with Crippen molar-refractivity contribution < 1.29 is 115 Å². The fourth-order valence-corrected chi connectivity index (χ4v) is 74.8. The molecule has 4 saturated heterocycles. The van der Waals surface area contributed by atoms with Gasteiger partial charge in [0.05, 0.1) is 26.4 Å². The van der Waals surface area contributed by atoms with Crippen molar-refractivity contribution in [1.29, 1.82) is 0 Å². The van der Waals surface area contributed by atoms with Gasteiger partial charge in [-0.3, -0.25) is 19.2 Å². The zero-order valence-corrected chi connectivity index (χ0v) is 83.9. The van der Waals surface area contributed by atoms with Gasteiger partial charge in [0.15, 0.2) is 33.3 Å². The predicted molar refractivity (Wildman–Crippen MR) is 487 cm³/mol. The number of carbonyl (C=O) groups is 4. The number of benzene rings is 8. The van der Waals surface area contributed by atoms with E-state index < -0.39 is 128 Å².